The lowest BCUT2D eigenvalue weighted by Gasteiger charge is -2.47. The van der Waals surface area contributed by atoms with Gasteiger partial charge in [-0.1, -0.05) is 0 Å². The lowest BCUT2D eigenvalue weighted by molar-refractivity contribution is 0.296. The first-order valence-corrected chi connectivity index (χ1v) is 7.52. The van der Waals surface area contributed by atoms with Crippen LogP contribution in [0.2, 0.25) is 0 Å². The minimum absolute atomic E-state index is 0.385. The summed E-state index contributed by atoms with van der Waals surface area (Å²) >= 11 is 0. The Bertz CT molecular complexity index is 598. The van der Waals surface area contributed by atoms with Crippen molar-refractivity contribution in [1.82, 2.24) is 0 Å². The van der Waals surface area contributed by atoms with Crippen molar-refractivity contribution in [2.24, 2.45) is 5.92 Å². The highest BCUT2D eigenvalue weighted by Crippen LogP contribution is 2.49. The maximum atomic E-state index is 5.45. The number of piperidine rings is 1. The maximum Gasteiger partial charge on any atom is 0.133 e. The lowest BCUT2D eigenvalue weighted by atomic mass is 9.83. The summed E-state index contributed by atoms with van der Waals surface area (Å²) in [7, 11) is 0. The van der Waals surface area contributed by atoms with Gasteiger partial charge in [0.25, 0.3) is 0 Å². The second-order valence-electron chi connectivity index (χ2n) is 6.38. The van der Waals surface area contributed by atoms with Crippen LogP contribution in [0.3, 0.4) is 0 Å². The Morgan fingerprint density at radius 2 is 2.11 bits per heavy atom. The van der Waals surface area contributed by atoms with Crippen LogP contribution in [0.4, 0.5) is 5.69 Å². The molecule has 2 nitrogen and oxygen atoms in total. The number of rotatable bonds is 2. The van der Waals surface area contributed by atoms with Crippen molar-refractivity contribution < 1.29 is 4.42 Å². The lowest BCUT2D eigenvalue weighted by Crippen LogP contribution is -2.51. The number of anilines is 1. The molecule has 0 amide bonds. The molecule has 2 heteroatoms. The number of hydrogen-bond acceptors (Lipinski definition) is 2. The van der Waals surface area contributed by atoms with Gasteiger partial charge in [0.15, 0.2) is 0 Å². The van der Waals surface area contributed by atoms with Crippen LogP contribution >= 0.6 is 0 Å². The van der Waals surface area contributed by atoms with Crippen LogP contribution in [0.5, 0.6) is 0 Å². The molecular formula is C17H21NO. The predicted molar refractivity (Wildman–Crippen MR) is 78.5 cm³/mol. The molecule has 1 atom stereocenters. The quantitative estimate of drug-likeness (QED) is 0.780. The van der Waals surface area contributed by atoms with Crippen molar-refractivity contribution in [3.63, 3.8) is 0 Å². The number of hydrogen-bond donors (Lipinski definition) is 0. The second kappa shape index (κ2) is 4.03. The molecule has 2 aliphatic rings. The van der Waals surface area contributed by atoms with Crippen molar-refractivity contribution in [3.05, 3.63) is 30.5 Å². The molecule has 1 aliphatic heterocycles. The highest BCUT2D eigenvalue weighted by molar-refractivity contribution is 5.81. The van der Waals surface area contributed by atoms with E-state index in [0.717, 1.165) is 11.5 Å². The zero-order valence-corrected chi connectivity index (χ0v) is 11.6. The van der Waals surface area contributed by atoms with Gasteiger partial charge in [-0.2, -0.15) is 0 Å². The van der Waals surface area contributed by atoms with Crippen LogP contribution in [-0.4, -0.2) is 12.1 Å². The van der Waals surface area contributed by atoms with E-state index in [9.17, 15) is 0 Å². The Morgan fingerprint density at radius 1 is 1.21 bits per heavy atom. The Kier molecular flexibility index (Phi) is 2.41. The zero-order chi connectivity index (χ0) is 12.9. The van der Waals surface area contributed by atoms with Gasteiger partial charge in [0.05, 0.1) is 6.26 Å². The fourth-order valence-electron chi connectivity index (χ4n) is 3.82. The molecule has 0 radical (unpaired) electrons. The Hall–Kier alpha value is -1.44. The molecule has 4 rings (SSSR count). The van der Waals surface area contributed by atoms with Gasteiger partial charge in [-0.05, 0) is 69.2 Å². The van der Waals surface area contributed by atoms with E-state index in [1.807, 2.05) is 0 Å². The van der Waals surface area contributed by atoms with Gasteiger partial charge in [-0.3, -0.25) is 0 Å². The van der Waals surface area contributed by atoms with Gasteiger partial charge in [-0.25, -0.2) is 0 Å². The molecule has 0 bridgehead atoms. The molecule has 1 saturated carbocycles. The third kappa shape index (κ3) is 1.77. The number of fused-ring (bicyclic) bond motifs is 1. The third-order valence-electron chi connectivity index (χ3n) is 5.14. The molecule has 100 valence electrons. The van der Waals surface area contributed by atoms with E-state index in [1.54, 1.807) is 6.26 Å². The molecule has 1 unspecified atom stereocenters. The first kappa shape index (κ1) is 11.4. The van der Waals surface area contributed by atoms with Crippen LogP contribution in [0.25, 0.3) is 11.0 Å². The van der Waals surface area contributed by atoms with Gasteiger partial charge in [0.2, 0.25) is 0 Å². The summed E-state index contributed by atoms with van der Waals surface area (Å²) in [4.78, 5) is 2.67. The van der Waals surface area contributed by atoms with Gasteiger partial charge in [-0.15, -0.1) is 0 Å². The molecule has 2 heterocycles. The topological polar surface area (TPSA) is 16.4 Å². The Balaban J connectivity index is 1.75. The molecule has 1 aliphatic carbocycles. The Labute approximate surface area is 114 Å². The van der Waals surface area contributed by atoms with Crippen molar-refractivity contribution in [2.75, 3.05) is 11.4 Å². The molecular weight excluding hydrogens is 234 g/mol. The SMILES string of the molecule is CC1(C2CC2)CCCCN1c1ccc2occc2c1. The van der Waals surface area contributed by atoms with Gasteiger partial charge in [0, 0.05) is 23.2 Å². The maximum absolute atomic E-state index is 5.45. The summed E-state index contributed by atoms with van der Waals surface area (Å²) < 4.78 is 5.45. The largest absolute Gasteiger partial charge is 0.464 e. The number of nitrogens with zero attached hydrogens (tertiary/aromatic N) is 1. The molecule has 0 N–H and O–H groups in total. The van der Waals surface area contributed by atoms with Crippen molar-refractivity contribution in [3.8, 4) is 0 Å². The fraction of sp³-hybridized carbons (Fsp3) is 0.529. The predicted octanol–water partition coefficient (Wildman–Crippen LogP) is 4.59. The second-order valence-corrected chi connectivity index (χ2v) is 6.38. The molecule has 0 spiro atoms. The highest BCUT2D eigenvalue weighted by atomic mass is 16.3. The smallest absolute Gasteiger partial charge is 0.133 e. The standard InChI is InChI=1S/C17H21NO/c1-17(14-4-5-14)9-2-3-10-18(17)15-6-7-16-13(12-15)8-11-19-16/h6-8,11-12,14H,2-5,9-10H2,1H3. The number of benzene rings is 1. The van der Waals surface area contributed by atoms with Crippen LogP contribution in [0.15, 0.2) is 34.9 Å². The van der Waals surface area contributed by atoms with E-state index in [4.69, 9.17) is 4.42 Å². The summed E-state index contributed by atoms with van der Waals surface area (Å²) in [5, 5.41) is 1.22. The first-order chi connectivity index (χ1) is 9.27. The molecule has 1 saturated heterocycles. The van der Waals surface area contributed by atoms with Crippen molar-refractivity contribution in [2.45, 2.75) is 44.6 Å². The van der Waals surface area contributed by atoms with E-state index in [-0.39, 0.29) is 0 Å². The first-order valence-electron chi connectivity index (χ1n) is 7.52. The van der Waals surface area contributed by atoms with Crippen molar-refractivity contribution >= 4 is 16.7 Å². The van der Waals surface area contributed by atoms with Crippen LogP contribution in [0.1, 0.15) is 39.0 Å². The zero-order valence-electron chi connectivity index (χ0n) is 11.6. The monoisotopic (exact) mass is 255 g/mol. The molecule has 19 heavy (non-hydrogen) atoms. The summed E-state index contributed by atoms with van der Waals surface area (Å²) in [6.45, 7) is 3.68. The normalized spacial score (nSPS) is 27.9. The van der Waals surface area contributed by atoms with E-state index >= 15 is 0 Å². The van der Waals surface area contributed by atoms with Gasteiger partial charge in [0.1, 0.15) is 5.58 Å². The van der Waals surface area contributed by atoms with E-state index in [2.05, 4.69) is 36.1 Å². The van der Waals surface area contributed by atoms with E-state index in [1.165, 1.54) is 49.7 Å². The minimum Gasteiger partial charge on any atom is -0.464 e. The molecule has 2 aromatic rings. The fourth-order valence-corrected chi connectivity index (χ4v) is 3.82. The molecule has 1 aromatic carbocycles. The van der Waals surface area contributed by atoms with Crippen molar-refractivity contribution in [1.29, 1.82) is 0 Å². The molecule has 2 fully saturated rings. The summed E-state index contributed by atoms with van der Waals surface area (Å²) in [6.07, 6.45) is 8.68. The summed E-state index contributed by atoms with van der Waals surface area (Å²) in [5.41, 5.74) is 2.76. The summed E-state index contributed by atoms with van der Waals surface area (Å²) in [5.74, 6) is 0.910. The van der Waals surface area contributed by atoms with Crippen LogP contribution in [0, 0.1) is 5.92 Å². The minimum atomic E-state index is 0.385. The van der Waals surface area contributed by atoms with E-state index in [0.29, 0.717) is 5.54 Å². The Morgan fingerprint density at radius 3 is 2.95 bits per heavy atom. The average molecular weight is 255 g/mol. The summed E-state index contributed by atoms with van der Waals surface area (Å²) in [6, 6.07) is 8.71. The van der Waals surface area contributed by atoms with Gasteiger partial charge >= 0.3 is 0 Å². The highest BCUT2D eigenvalue weighted by Gasteiger charge is 2.46. The molecule has 1 aromatic heterocycles. The van der Waals surface area contributed by atoms with Crippen LogP contribution in [-0.2, 0) is 0 Å². The average Bonchev–Trinajstić information content (AvgIpc) is 3.18. The van der Waals surface area contributed by atoms with Crippen LogP contribution < -0.4 is 4.90 Å². The third-order valence-corrected chi connectivity index (χ3v) is 5.14. The van der Waals surface area contributed by atoms with E-state index < -0.39 is 0 Å². The number of furan rings is 1. The van der Waals surface area contributed by atoms with Gasteiger partial charge < -0.3 is 9.32 Å².